The number of fused-ring (bicyclic) bond motifs is 2. The van der Waals surface area contributed by atoms with Gasteiger partial charge in [-0.05, 0) is 38.0 Å². The van der Waals surface area contributed by atoms with E-state index in [1.165, 1.54) is 24.3 Å². The maximum Gasteiger partial charge on any atom is 0.387 e. The predicted octanol–water partition coefficient (Wildman–Crippen LogP) is 6.26. The van der Waals surface area contributed by atoms with Crippen LogP contribution in [-0.2, 0) is 4.79 Å². The number of carboxylic acid groups (broad SMARTS) is 1. The second-order valence-corrected chi connectivity index (χ2v) is 8.86. The summed E-state index contributed by atoms with van der Waals surface area (Å²) in [5, 5.41) is 9.92. The first kappa shape index (κ1) is 25.4. The fourth-order valence-corrected chi connectivity index (χ4v) is 4.64. The molecule has 1 unspecified atom stereocenters. The van der Waals surface area contributed by atoms with E-state index in [1.54, 1.807) is 39.0 Å². The van der Waals surface area contributed by atoms with Crippen LogP contribution in [-0.4, -0.2) is 35.6 Å². The summed E-state index contributed by atoms with van der Waals surface area (Å²) in [5.41, 5.74) is -0.187. The first-order valence-electron chi connectivity index (χ1n) is 11.2. The van der Waals surface area contributed by atoms with E-state index in [4.69, 9.17) is 21.1 Å². The minimum atomic E-state index is -3.25. The van der Waals surface area contributed by atoms with Gasteiger partial charge in [-0.25, -0.2) is 4.90 Å². The number of amides is 2. The Balaban J connectivity index is 1.94. The van der Waals surface area contributed by atoms with Crippen molar-refractivity contribution in [2.24, 2.45) is 0 Å². The van der Waals surface area contributed by atoms with Crippen molar-refractivity contribution in [3.63, 3.8) is 0 Å². The summed E-state index contributed by atoms with van der Waals surface area (Å²) >= 11 is 6.42. The van der Waals surface area contributed by atoms with Gasteiger partial charge in [0.25, 0.3) is 11.8 Å². The molecule has 2 amide bonds. The third-order valence-electron chi connectivity index (χ3n) is 5.84. The van der Waals surface area contributed by atoms with Gasteiger partial charge in [-0.15, -0.1) is 0 Å². The summed E-state index contributed by atoms with van der Waals surface area (Å²) in [5.74, 6) is -3.97. The highest BCUT2D eigenvalue weighted by Crippen LogP contribution is 2.47. The Hall–Kier alpha value is -3.72. The normalized spacial score (nSPS) is 14.1. The van der Waals surface area contributed by atoms with Gasteiger partial charge in [0, 0.05) is 10.8 Å². The second-order valence-electron chi connectivity index (χ2n) is 8.45. The molecule has 0 saturated carbocycles. The number of carboxylic acids is 1. The molecule has 1 atom stereocenters. The van der Waals surface area contributed by atoms with Crippen LogP contribution in [0.5, 0.6) is 11.5 Å². The molecule has 4 rings (SSSR count). The van der Waals surface area contributed by atoms with Crippen LogP contribution in [0.1, 0.15) is 59.4 Å². The van der Waals surface area contributed by atoms with Gasteiger partial charge in [-0.2, -0.15) is 8.78 Å². The Kier molecular flexibility index (Phi) is 6.86. The Bertz CT molecular complexity index is 1320. The molecule has 0 aromatic heterocycles. The Morgan fingerprint density at radius 3 is 2.00 bits per heavy atom. The Morgan fingerprint density at radius 2 is 1.56 bits per heavy atom. The van der Waals surface area contributed by atoms with E-state index in [1.807, 2.05) is 0 Å². The number of hydrogen-bond acceptors (Lipinski definition) is 5. The van der Waals surface area contributed by atoms with Gasteiger partial charge in [-0.3, -0.25) is 14.4 Å². The van der Waals surface area contributed by atoms with Gasteiger partial charge < -0.3 is 14.6 Å². The molecule has 1 aliphatic heterocycles. The van der Waals surface area contributed by atoms with Crippen molar-refractivity contribution in [2.45, 2.75) is 45.8 Å². The maximum absolute atomic E-state index is 13.7. The second kappa shape index (κ2) is 9.73. The molecule has 1 heterocycles. The van der Waals surface area contributed by atoms with Crippen molar-refractivity contribution in [3.05, 3.63) is 64.2 Å². The van der Waals surface area contributed by atoms with Gasteiger partial charge in [0.2, 0.25) is 0 Å². The van der Waals surface area contributed by atoms with Gasteiger partial charge in [0.1, 0.15) is 11.5 Å². The quantitative estimate of drug-likeness (QED) is 0.354. The van der Waals surface area contributed by atoms with E-state index in [-0.39, 0.29) is 33.0 Å². The van der Waals surface area contributed by atoms with Crippen LogP contribution < -0.4 is 14.4 Å². The Labute approximate surface area is 210 Å². The van der Waals surface area contributed by atoms with E-state index in [0.717, 1.165) is 4.90 Å². The number of aliphatic carboxylic acids is 1. The molecular weight excluding hydrogens is 496 g/mol. The zero-order valence-electron chi connectivity index (χ0n) is 19.6. The van der Waals surface area contributed by atoms with Crippen molar-refractivity contribution in [3.8, 4) is 11.5 Å². The molecule has 0 saturated heterocycles. The van der Waals surface area contributed by atoms with E-state index in [9.17, 15) is 28.3 Å². The molecule has 36 heavy (non-hydrogen) atoms. The minimum absolute atomic E-state index is 0.0191. The summed E-state index contributed by atoms with van der Waals surface area (Å²) in [6.45, 7) is 1.91. The Morgan fingerprint density at radius 1 is 1.00 bits per heavy atom. The zero-order valence-corrected chi connectivity index (χ0v) is 20.3. The first-order chi connectivity index (χ1) is 17.1. The molecule has 1 aliphatic rings. The number of hydrogen-bond donors (Lipinski definition) is 1. The standard InChI is InChI=1S/C26H22ClF2NO6/c1-4-14(25(33)34)13-9-10-18(17(27)11-13)30-23(31)19-20(24(30)32)22(36-26(28)29)16-8-6-5-7-15(16)21(19)35-12(2)3/h5-12,14,26H,4H2,1-3H3,(H,33,34). The lowest BCUT2D eigenvalue weighted by molar-refractivity contribution is -0.138. The fraction of sp³-hybridized carbons (Fsp3) is 0.269. The number of carbonyl (C=O) groups excluding carboxylic acids is 2. The van der Waals surface area contributed by atoms with Crippen LogP contribution in [0.15, 0.2) is 42.5 Å². The van der Waals surface area contributed by atoms with Crippen molar-refractivity contribution >= 4 is 45.8 Å². The molecule has 1 N–H and O–H groups in total. The number of carbonyl (C=O) groups is 3. The summed E-state index contributed by atoms with van der Waals surface area (Å²) in [6.07, 6.45) is -0.101. The van der Waals surface area contributed by atoms with Crippen LogP contribution in [0.2, 0.25) is 5.02 Å². The molecule has 188 valence electrons. The molecule has 7 nitrogen and oxygen atoms in total. The minimum Gasteiger partial charge on any atom is -0.489 e. The van der Waals surface area contributed by atoms with Gasteiger partial charge in [0.05, 0.1) is 33.9 Å². The maximum atomic E-state index is 13.7. The van der Waals surface area contributed by atoms with Crippen LogP contribution in [0.3, 0.4) is 0 Å². The summed E-state index contributed by atoms with van der Waals surface area (Å²) in [4.78, 5) is 39.6. The van der Waals surface area contributed by atoms with Crippen LogP contribution >= 0.6 is 11.6 Å². The summed E-state index contributed by atoms with van der Waals surface area (Å²) in [7, 11) is 0. The van der Waals surface area contributed by atoms with Crippen LogP contribution in [0.4, 0.5) is 14.5 Å². The van der Waals surface area contributed by atoms with E-state index in [2.05, 4.69) is 0 Å². The lowest BCUT2D eigenvalue weighted by Crippen LogP contribution is -2.30. The fourth-order valence-electron chi connectivity index (χ4n) is 4.36. The SMILES string of the molecule is CCC(C(=O)O)c1ccc(N2C(=O)c3c(c(OC(F)F)c4ccccc4c3OC(C)C)C2=O)c(Cl)c1. The van der Waals surface area contributed by atoms with E-state index in [0.29, 0.717) is 17.4 Å². The van der Waals surface area contributed by atoms with Crippen molar-refractivity contribution in [2.75, 3.05) is 4.90 Å². The molecule has 0 bridgehead atoms. The third-order valence-corrected chi connectivity index (χ3v) is 6.14. The molecule has 0 fully saturated rings. The van der Waals surface area contributed by atoms with Gasteiger partial charge >= 0.3 is 12.6 Å². The van der Waals surface area contributed by atoms with Gasteiger partial charge in [-0.1, -0.05) is 48.9 Å². The molecular formula is C26H22ClF2NO6. The summed E-state index contributed by atoms with van der Waals surface area (Å²) < 4.78 is 37.5. The molecule has 0 aliphatic carbocycles. The van der Waals surface area contributed by atoms with Crippen LogP contribution in [0.25, 0.3) is 10.8 Å². The van der Waals surface area contributed by atoms with Crippen molar-refractivity contribution in [1.29, 1.82) is 0 Å². The molecule has 10 heteroatoms. The molecule has 0 radical (unpaired) electrons. The highest BCUT2D eigenvalue weighted by atomic mass is 35.5. The molecule has 0 spiro atoms. The average molecular weight is 518 g/mol. The average Bonchev–Trinajstić information content (AvgIpc) is 3.06. The number of halogens is 3. The number of anilines is 1. The van der Waals surface area contributed by atoms with E-state index >= 15 is 0 Å². The highest BCUT2D eigenvalue weighted by Gasteiger charge is 2.45. The first-order valence-corrected chi connectivity index (χ1v) is 11.6. The van der Waals surface area contributed by atoms with Gasteiger partial charge in [0.15, 0.2) is 0 Å². The lowest BCUT2D eigenvalue weighted by Gasteiger charge is -2.18. The predicted molar refractivity (Wildman–Crippen MR) is 130 cm³/mol. The topological polar surface area (TPSA) is 93.1 Å². The smallest absolute Gasteiger partial charge is 0.387 e. The van der Waals surface area contributed by atoms with Crippen LogP contribution in [0, 0.1) is 0 Å². The largest absolute Gasteiger partial charge is 0.489 e. The number of rotatable bonds is 8. The molecule has 3 aromatic carbocycles. The zero-order chi connectivity index (χ0) is 26.3. The lowest BCUT2D eigenvalue weighted by atomic mass is 9.96. The molecule has 3 aromatic rings. The number of ether oxygens (including phenoxy) is 2. The number of nitrogens with zero attached hydrogens (tertiary/aromatic N) is 1. The highest BCUT2D eigenvalue weighted by molar-refractivity contribution is 6.41. The number of benzene rings is 3. The van der Waals surface area contributed by atoms with Crippen molar-refractivity contribution < 1.29 is 37.7 Å². The number of imide groups is 1. The van der Waals surface area contributed by atoms with E-state index < -0.39 is 42.2 Å². The number of alkyl halides is 2. The third kappa shape index (κ3) is 4.24. The summed E-state index contributed by atoms with van der Waals surface area (Å²) in [6, 6.07) is 10.5. The monoisotopic (exact) mass is 517 g/mol. The van der Waals surface area contributed by atoms with Crippen molar-refractivity contribution in [1.82, 2.24) is 0 Å².